The Morgan fingerprint density at radius 1 is 1.24 bits per heavy atom. The van der Waals surface area contributed by atoms with Crippen molar-refractivity contribution in [3.8, 4) is 15.8 Å². The monoisotopic (exact) mass is 413 g/mol. The molecule has 3 N–H and O–H groups in total. The molecular weight excluding hydrogens is 382 g/mol. The van der Waals surface area contributed by atoms with E-state index >= 15 is 0 Å². The van der Waals surface area contributed by atoms with Crippen molar-refractivity contribution in [2.24, 2.45) is 0 Å². The average molecular weight is 414 g/mol. The fourth-order valence-electron chi connectivity index (χ4n) is 4.27. The number of aryl methyl sites for hydroxylation is 1. The van der Waals surface area contributed by atoms with Crippen molar-refractivity contribution in [2.75, 3.05) is 7.05 Å². The second-order valence-electron chi connectivity index (χ2n) is 8.98. The first kappa shape index (κ1) is 21.5. The molecule has 2 aromatic rings. The van der Waals surface area contributed by atoms with E-state index < -0.39 is 0 Å². The Morgan fingerprint density at radius 3 is 2.52 bits per heavy atom. The molecule has 7 heteroatoms. The van der Waals surface area contributed by atoms with Gasteiger partial charge in [-0.05, 0) is 45.7 Å². The van der Waals surface area contributed by atoms with Crippen LogP contribution in [0, 0.1) is 12.3 Å². The Balaban J connectivity index is 1.78. The van der Waals surface area contributed by atoms with Crippen LogP contribution in [0.5, 0.6) is 5.19 Å². The van der Waals surface area contributed by atoms with Gasteiger partial charge in [-0.1, -0.05) is 34.6 Å². The minimum absolute atomic E-state index is 0.0276. The molecule has 1 aromatic heterocycles. The molecule has 1 aliphatic rings. The minimum Gasteiger partial charge on any atom is -0.465 e. The zero-order chi connectivity index (χ0) is 21.2. The number of allylic oxidation sites excluding steroid dienone is 1. The highest BCUT2D eigenvalue weighted by atomic mass is 32.1. The molecule has 1 aromatic carbocycles. The minimum atomic E-state index is 0.0276. The zero-order valence-electron chi connectivity index (χ0n) is 18.1. The molecule has 0 amide bonds. The molecule has 1 aliphatic heterocycles. The predicted molar refractivity (Wildman–Crippen MR) is 121 cm³/mol. The van der Waals surface area contributed by atoms with Crippen molar-refractivity contribution >= 4 is 23.1 Å². The molecule has 0 bridgehead atoms. The van der Waals surface area contributed by atoms with E-state index in [1.54, 1.807) is 0 Å². The average Bonchev–Trinajstić information content (AvgIpc) is 3.04. The lowest BCUT2D eigenvalue weighted by Crippen LogP contribution is -2.60. The second kappa shape index (κ2) is 8.24. The number of nitrogens with zero attached hydrogens (tertiary/aromatic N) is 2. The summed E-state index contributed by atoms with van der Waals surface area (Å²) >= 11 is 1.49. The highest BCUT2D eigenvalue weighted by molar-refractivity contribution is 7.16. The lowest BCUT2D eigenvalue weighted by molar-refractivity contribution is 0.0553. The van der Waals surface area contributed by atoms with Gasteiger partial charge >= 0.3 is 0 Å². The van der Waals surface area contributed by atoms with Crippen molar-refractivity contribution in [3.63, 3.8) is 0 Å². The van der Waals surface area contributed by atoms with E-state index in [0.717, 1.165) is 40.1 Å². The van der Waals surface area contributed by atoms with Gasteiger partial charge in [-0.2, -0.15) is 0 Å². The van der Waals surface area contributed by atoms with Gasteiger partial charge in [0.25, 0.3) is 5.19 Å². The van der Waals surface area contributed by atoms with Crippen molar-refractivity contribution in [3.05, 3.63) is 35.5 Å². The Bertz CT molecular complexity index is 900. The van der Waals surface area contributed by atoms with Gasteiger partial charge in [-0.25, -0.2) is 0 Å². The smallest absolute Gasteiger partial charge is 0.294 e. The number of rotatable bonds is 6. The van der Waals surface area contributed by atoms with E-state index in [1.165, 1.54) is 17.6 Å². The van der Waals surface area contributed by atoms with Gasteiger partial charge in [0, 0.05) is 54.5 Å². The van der Waals surface area contributed by atoms with Gasteiger partial charge < -0.3 is 20.8 Å². The molecule has 0 saturated carbocycles. The molecule has 2 heterocycles. The summed E-state index contributed by atoms with van der Waals surface area (Å²) in [6, 6.07) is 6.12. The molecule has 0 radical (unpaired) electrons. The van der Waals surface area contributed by atoms with E-state index in [2.05, 4.69) is 61.5 Å². The molecule has 6 nitrogen and oxygen atoms in total. The molecular formula is C22H31N5OS. The molecule has 1 saturated heterocycles. The third kappa shape index (κ3) is 5.22. The fourth-order valence-corrected chi connectivity index (χ4v) is 5.12. The van der Waals surface area contributed by atoms with Gasteiger partial charge in [0.1, 0.15) is 6.10 Å². The van der Waals surface area contributed by atoms with Crippen LogP contribution < -0.4 is 15.4 Å². The maximum absolute atomic E-state index is 7.60. The van der Waals surface area contributed by atoms with E-state index in [0.29, 0.717) is 5.19 Å². The molecule has 29 heavy (non-hydrogen) atoms. The standard InChI is InChI=1S/C22H31N5OS/c1-14-9-15(16(12-23)13-24-6)7-8-18(14)19-25-26-20(29-19)28-17-10-21(2,3)27-22(4,5)11-17/h7-9,12-13,17,23-24,27H,10-11H2,1-6H3/b16-13+,23-12?. The highest BCUT2D eigenvalue weighted by Gasteiger charge is 2.39. The van der Waals surface area contributed by atoms with Gasteiger partial charge in [0.2, 0.25) is 0 Å². The summed E-state index contributed by atoms with van der Waals surface area (Å²) in [5, 5.41) is 24.4. The number of piperidine rings is 1. The van der Waals surface area contributed by atoms with Gasteiger partial charge in [0.15, 0.2) is 5.01 Å². The van der Waals surface area contributed by atoms with Crippen LogP contribution in [0.2, 0.25) is 0 Å². The van der Waals surface area contributed by atoms with Crippen LogP contribution >= 0.6 is 11.3 Å². The van der Waals surface area contributed by atoms with E-state index in [-0.39, 0.29) is 17.2 Å². The molecule has 0 spiro atoms. The number of ether oxygens (including phenoxy) is 1. The molecule has 1 fully saturated rings. The second-order valence-corrected chi connectivity index (χ2v) is 9.92. The van der Waals surface area contributed by atoms with Crippen LogP contribution in [-0.4, -0.2) is 40.6 Å². The van der Waals surface area contributed by atoms with Crippen LogP contribution in [0.3, 0.4) is 0 Å². The normalized spacial score (nSPS) is 19.0. The van der Waals surface area contributed by atoms with Crippen molar-refractivity contribution < 1.29 is 4.74 Å². The van der Waals surface area contributed by atoms with Gasteiger partial charge in [0.05, 0.1) is 0 Å². The summed E-state index contributed by atoms with van der Waals surface area (Å²) in [6.07, 6.45) is 5.16. The van der Waals surface area contributed by atoms with Crippen LogP contribution in [0.25, 0.3) is 16.1 Å². The number of nitrogens with one attached hydrogen (secondary N) is 3. The summed E-state index contributed by atoms with van der Waals surface area (Å²) in [7, 11) is 1.83. The summed E-state index contributed by atoms with van der Waals surface area (Å²) < 4.78 is 6.24. The predicted octanol–water partition coefficient (Wildman–Crippen LogP) is 4.41. The quantitative estimate of drug-likeness (QED) is 0.611. The van der Waals surface area contributed by atoms with E-state index in [4.69, 9.17) is 10.1 Å². The number of benzene rings is 1. The lowest BCUT2D eigenvalue weighted by Gasteiger charge is -2.45. The van der Waals surface area contributed by atoms with Crippen LogP contribution in [0.4, 0.5) is 0 Å². The maximum Gasteiger partial charge on any atom is 0.294 e. The van der Waals surface area contributed by atoms with Crippen molar-refractivity contribution in [2.45, 2.75) is 64.6 Å². The Hall–Kier alpha value is -2.25. The number of hydrogen-bond donors (Lipinski definition) is 3. The molecule has 0 atom stereocenters. The topological polar surface area (TPSA) is 82.9 Å². The number of aromatic nitrogens is 2. The SMILES string of the molecule is CN/C=C(\C=N)c1ccc(-c2nnc(OC3CC(C)(C)NC(C)(C)C3)s2)c(C)c1. The zero-order valence-corrected chi connectivity index (χ0v) is 18.9. The third-order valence-corrected chi connectivity index (χ3v) is 5.92. The van der Waals surface area contributed by atoms with E-state index in [9.17, 15) is 0 Å². The first-order valence-corrected chi connectivity index (χ1v) is 10.7. The molecule has 156 valence electrons. The summed E-state index contributed by atoms with van der Waals surface area (Å²) in [6.45, 7) is 10.9. The Morgan fingerprint density at radius 2 is 1.93 bits per heavy atom. The summed E-state index contributed by atoms with van der Waals surface area (Å²) in [5.74, 6) is 0. The lowest BCUT2D eigenvalue weighted by atomic mass is 9.81. The Labute approximate surface area is 177 Å². The van der Waals surface area contributed by atoms with Crippen molar-refractivity contribution in [1.82, 2.24) is 20.8 Å². The molecule has 0 unspecified atom stereocenters. The fraction of sp³-hybridized carbons (Fsp3) is 0.500. The van der Waals surface area contributed by atoms with Crippen LogP contribution in [0.15, 0.2) is 24.4 Å². The van der Waals surface area contributed by atoms with Crippen molar-refractivity contribution in [1.29, 1.82) is 5.41 Å². The largest absolute Gasteiger partial charge is 0.465 e. The Kier molecular flexibility index (Phi) is 6.10. The number of hydrogen-bond acceptors (Lipinski definition) is 7. The highest BCUT2D eigenvalue weighted by Crippen LogP contribution is 2.35. The van der Waals surface area contributed by atoms with E-state index in [1.807, 2.05) is 25.4 Å². The summed E-state index contributed by atoms with van der Waals surface area (Å²) in [5.41, 5.74) is 4.02. The maximum atomic E-state index is 7.60. The first-order valence-electron chi connectivity index (χ1n) is 9.91. The van der Waals surface area contributed by atoms with Crippen LogP contribution in [-0.2, 0) is 0 Å². The van der Waals surface area contributed by atoms with Gasteiger partial charge in [-0.3, -0.25) is 0 Å². The molecule has 0 aliphatic carbocycles. The molecule has 3 rings (SSSR count). The van der Waals surface area contributed by atoms with Crippen LogP contribution in [0.1, 0.15) is 51.7 Å². The first-order chi connectivity index (χ1) is 13.6. The third-order valence-electron chi connectivity index (χ3n) is 5.07. The summed E-state index contributed by atoms with van der Waals surface area (Å²) in [4.78, 5) is 0. The van der Waals surface area contributed by atoms with Gasteiger partial charge in [-0.15, -0.1) is 5.10 Å².